The van der Waals surface area contributed by atoms with Gasteiger partial charge in [-0.15, -0.1) is 0 Å². The molecule has 3 aromatic rings. The molecule has 0 radical (unpaired) electrons. The van der Waals surface area contributed by atoms with Crippen LogP contribution >= 0.6 is 0 Å². The van der Waals surface area contributed by atoms with E-state index in [9.17, 15) is 13.2 Å². The van der Waals surface area contributed by atoms with Crippen molar-refractivity contribution in [1.82, 2.24) is 19.0 Å². The molecule has 1 aromatic heterocycles. The molecule has 0 atom stereocenters. The number of rotatable bonds is 6. The maximum atomic E-state index is 13.1. The number of sulfonamides is 1. The smallest absolute Gasteiger partial charge is 0.256 e. The first-order valence-corrected chi connectivity index (χ1v) is 13.2. The van der Waals surface area contributed by atoms with Gasteiger partial charge in [0, 0.05) is 37.8 Å². The van der Waals surface area contributed by atoms with E-state index in [-0.39, 0.29) is 21.8 Å². The summed E-state index contributed by atoms with van der Waals surface area (Å²) in [6, 6.07) is 16.3. The Labute approximate surface area is 207 Å². The van der Waals surface area contributed by atoms with Crippen molar-refractivity contribution < 1.29 is 13.2 Å². The van der Waals surface area contributed by atoms with Crippen molar-refractivity contribution in [3.8, 4) is 0 Å². The van der Waals surface area contributed by atoms with E-state index in [1.807, 2.05) is 7.05 Å². The molecule has 1 amide bonds. The molecule has 1 saturated heterocycles. The predicted octanol–water partition coefficient (Wildman–Crippen LogP) is 3.42. The van der Waals surface area contributed by atoms with Gasteiger partial charge < -0.3 is 10.2 Å². The van der Waals surface area contributed by atoms with Crippen LogP contribution in [0.4, 0.5) is 5.82 Å². The summed E-state index contributed by atoms with van der Waals surface area (Å²) in [5.74, 6) is 0.160. The number of likely N-dealkylation sites (N-methyl/N-ethyl adjacent to an activating group) is 1. The molecule has 8 nitrogen and oxygen atoms in total. The van der Waals surface area contributed by atoms with Crippen LogP contribution in [0.15, 0.2) is 65.7 Å². The standard InChI is InChI=1S/C26H33N5O3S/c1-26(2,3)22-10-8-20(9-11-22)19-31-24(12-13-27-31)28-25(32)21-6-5-7-23(18-21)35(33,34)30-16-14-29(4)15-17-30/h5-13,18H,14-17,19H2,1-4H3,(H,28,32). The Morgan fingerprint density at radius 1 is 1.00 bits per heavy atom. The summed E-state index contributed by atoms with van der Waals surface area (Å²) in [5.41, 5.74) is 2.68. The predicted molar refractivity (Wildman–Crippen MR) is 137 cm³/mol. The number of nitrogens with one attached hydrogen (secondary N) is 1. The number of anilines is 1. The van der Waals surface area contributed by atoms with Gasteiger partial charge in [0.25, 0.3) is 5.91 Å². The average Bonchev–Trinajstić information content (AvgIpc) is 3.25. The summed E-state index contributed by atoms with van der Waals surface area (Å²) in [6.45, 7) is 9.27. The number of hydrogen-bond acceptors (Lipinski definition) is 5. The quantitative estimate of drug-likeness (QED) is 0.566. The van der Waals surface area contributed by atoms with Crippen molar-refractivity contribution in [3.63, 3.8) is 0 Å². The van der Waals surface area contributed by atoms with Gasteiger partial charge in [-0.25, -0.2) is 13.1 Å². The third kappa shape index (κ3) is 5.80. The first kappa shape index (κ1) is 25.1. The van der Waals surface area contributed by atoms with E-state index in [0.717, 1.165) is 5.56 Å². The maximum Gasteiger partial charge on any atom is 0.256 e. The van der Waals surface area contributed by atoms with Crippen LogP contribution in [0, 0.1) is 0 Å². The van der Waals surface area contributed by atoms with E-state index in [0.29, 0.717) is 38.5 Å². The molecule has 2 heterocycles. The molecule has 0 unspecified atom stereocenters. The molecule has 1 fully saturated rings. The fraction of sp³-hybridized carbons (Fsp3) is 0.385. The lowest BCUT2D eigenvalue weighted by Gasteiger charge is -2.31. The van der Waals surface area contributed by atoms with E-state index in [1.54, 1.807) is 29.1 Å². The lowest BCUT2D eigenvalue weighted by molar-refractivity contribution is 0.102. The van der Waals surface area contributed by atoms with Crippen molar-refractivity contribution in [1.29, 1.82) is 0 Å². The van der Waals surface area contributed by atoms with Gasteiger partial charge in [-0.05, 0) is 41.8 Å². The highest BCUT2D eigenvalue weighted by molar-refractivity contribution is 7.89. The van der Waals surface area contributed by atoms with Gasteiger partial charge in [-0.2, -0.15) is 9.40 Å². The summed E-state index contributed by atoms with van der Waals surface area (Å²) in [4.78, 5) is 15.2. The Hall–Kier alpha value is -3.01. The fourth-order valence-electron chi connectivity index (χ4n) is 4.01. The molecule has 35 heavy (non-hydrogen) atoms. The molecule has 4 rings (SSSR count). The van der Waals surface area contributed by atoms with Crippen molar-refractivity contribution >= 4 is 21.7 Å². The summed E-state index contributed by atoms with van der Waals surface area (Å²) >= 11 is 0. The number of carbonyl (C=O) groups is 1. The Kier molecular flexibility index (Phi) is 7.12. The van der Waals surface area contributed by atoms with E-state index in [4.69, 9.17) is 0 Å². The second kappa shape index (κ2) is 9.93. The molecular formula is C26H33N5O3S. The summed E-state index contributed by atoms with van der Waals surface area (Å²) in [7, 11) is -1.68. The van der Waals surface area contributed by atoms with Crippen molar-refractivity contribution in [3.05, 3.63) is 77.5 Å². The van der Waals surface area contributed by atoms with Crippen LogP contribution in [-0.2, 0) is 22.0 Å². The molecule has 186 valence electrons. The third-order valence-corrected chi connectivity index (χ3v) is 8.20. The van der Waals surface area contributed by atoms with Gasteiger partial charge in [-0.1, -0.05) is 51.1 Å². The van der Waals surface area contributed by atoms with Gasteiger partial charge in [0.05, 0.1) is 17.6 Å². The lowest BCUT2D eigenvalue weighted by atomic mass is 9.87. The molecule has 9 heteroatoms. The monoisotopic (exact) mass is 495 g/mol. The molecule has 1 aliphatic heterocycles. The first-order chi connectivity index (χ1) is 16.5. The maximum absolute atomic E-state index is 13.1. The molecule has 0 saturated carbocycles. The van der Waals surface area contributed by atoms with Crippen molar-refractivity contribution in [2.24, 2.45) is 0 Å². The largest absolute Gasteiger partial charge is 0.307 e. The Balaban J connectivity index is 1.47. The zero-order valence-corrected chi connectivity index (χ0v) is 21.5. The number of benzene rings is 2. The van der Waals surface area contributed by atoms with E-state index < -0.39 is 10.0 Å². The highest BCUT2D eigenvalue weighted by Gasteiger charge is 2.28. The highest BCUT2D eigenvalue weighted by atomic mass is 32.2. The summed E-state index contributed by atoms with van der Waals surface area (Å²) in [5, 5.41) is 7.22. The van der Waals surface area contributed by atoms with Gasteiger partial charge in [-0.3, -0.25) is 4.79 Å². The van der Waals surface area contributed by atoms with E-state index >= 15 is 0 Å². The molecular weight excluding hydrogens is 462 g/mol. The molecule has 1 aliphatic rings. The highest BCUT2D eigenvalue weighted by Crippen LogP contribution is 2.23. The number of aromatic nitrogens is 2. The summed E-state index contributed by atoms with van der Waals surface area (Å²) < 4.78 is 29.4. The Bertz CT molecular complexity index is 1290. The van der Waals surface area contributed by atoms with E-state index in [1.165, 1.54) is 22.0 Å². The second-order valence-electron chi connectivity index (χ2n) is 10.0. The minimum absolute atomic E-state index is 0.0791. The van der Waals surface area contributed by atoms with Crippen molar-refractivity contribution in [2.45, 2.75) is 37.6 Å². The number of amides is 1. The zero-order valence-electron chi connectivity index (χ0n) is 20.7. The first-order valence-electron chi connectivity index (χ1n) is 11.8. The van der Waals surface area contributed by atoms with Crippen LogP contribution in [-0.4, -0.2) is 66.5 Å². The van der Waals surface area contributed by atoms with E-state index in [2.05, 4.69) is 60.4 Å². The number of piperazine rings is 1. The normalized spacial score (nSPS) is 15.8. The minimum Gasteiger partial charge on any atom is -0.307 e. The Morgan fingerprint density at radius 2 is 1.69 bits per heavy atom. The topological polar surface area (TPSA) is 87.5 Å². The van der Waals surface area contributed by atoms with Gasteiger partial charge in [0.15, 0.2) is 0 Å². The lowest BCUT2D eigenvalue weighted by Crippen LogP contribution is -2.47. The van der Waals surface area contributed by atoms with Crippen LogP contribution < -0.4 is 5.32 Å². The van der Waals surface area contributed by atoms with Gasteiger partial charge in [0.2, 0.25) is 10.0 Å². The van der Waals surface area contributed by atoms with Crippen molar-refractivity contribution in [2.75, 3.05) is 38.5 Å². The SMILES string of the molecule is CN1CCN(S(=O)(=O)c2cccc(C(=O)Nc3ccnn3Cc3ccc(C(C)(C)C)cc3)c2)CC1. The molecule has 2 aromatic carbocycles. The van der Waals surface area contributed by atoms with Crippen LogP contribution in [0.2, 0.25) is 0 Å². The molecule has 0 spiro atoms. The van der Waals surface area contributed by atoms with Crippen LogP contribution in [0.5, 0.6) is 0 Å². The average molecular weight is 496 g/mol. The molecule has 1 N–H and O–H groups in total. The zero-order chi connectivity index (χ0) is 25.2. The molecule has 0 bridgehead atoms. The Morgan fingerprint density at radius 3 is 2.34 bits per heavy atom. The van der Waals surface area contributed by atoms with Crippen LogP contribution in [0.25, 0.3) is 0 Å². The number of hydrogen-bond donors (Lipinski definition) is 1. The number of nitrogens with zero attached hydrogens (tertiary/aromatic N) is 4. The number of carbonyl (C=O) groups excluding carboxylic acids is 1. The van der Waals surface area contributed by atoms with Gasteiger partial charge in [0.1, 0.15) is 5.82 Å². The minimum atomic E-state index is -3.66. The molecule has 0 aliphatic carbocycles. The summed E-state index contributed by atoms with van der Waals surface area (Å²) in [6.07, 6.45) is 1.63. The third-order valence-electron chi connectivity index (χ3n) is 6.31. The second-order valence-corrected chi connectivity index (χ2v) is 11.9. The van der Waals surface area contributed by atoms with Gasteiger partial charge >= 0.3 is 0 Å². The fourth-order valence-corrected chi connectivity index (χ4v) is 5.48. The van der Waals surface area contributed by atoms with Crippen LogP contribution in [0.3, 0.4) is 0 Å². The van der Waals surface area contributed by atoms with Crippen LogP contribution in [0.1, 0.15) is 42.3 Å².